The second kappa shape index (κ2) is 20.4. The molecular weight excluding hydrogens is 777 g/mol. The van der Waals surface area contributed by atoms with E-state index in [1.807, 2.05) is 48.4 Å². The quantitative estimate of drug-likeness (QED) is 0.110. The van der Waals surface area contributed by atoms with E-state index in [-0.39, 0.29) is 23.7 Å². The van der Waals surface area contributed by atoms with Gasteiger partial charge in [-0.05, 0) is 87.4 Å². The van der Waals surface area contributed by atoms with Gasteiger partial charge >= 0.3 is 0 Å². The van der Waals surface area contributed by atoms with Crippen LogP contribution in [-0.4, -0.2) is 75.3 Å². The molecule has 0 bridgehead atoms. The molecule has 3 aromatic heterocycles. The Morgan fingerprint density at radius 2 is 1.74 bits per heavy atom. The molecule has 2 saturated heterocycles. The lowest BCUT2D eigenvalue weighted by atomic mass is 9.90. The van der Waals surface area contributed by atoms with E-state index < -0.39 is 0 Å². The topological polar surface area (TPSA) is 142 Å². The highest BCUT2D eigenvalue weighted by atomic mass is 16.5. The summed E-state index contributed by atoms with van der Waals surface area (Å²) in [5, 5.41) is 15.5. The summed E-state index contributed by atoms with van der Waals surface area (Å²) in [4.78, 5) is 42.2. The largest absolute Gasteiger partial charge is 0.474 e. The van der Waals surface area contributed by atoms with E-state index in [1.165, 1.54) is 43.4 Å². The Balaban J connectivity index is 0.000000168. The van der Waals surface area contributed by atoms with E-state index in [9.17, 15) is 9.59 Å². The van der Waals surface area contributed by atoms with Crippen molar-refractivity contribution >= 4 is 51.3 Å². The lowest BCUT2D eigenvalue weighted by Gasteiger charge is -2.39. The fourth-order valence-electron chi connectivity index (χ4n) is 8.76. The number of hydrogen-bond donors (Lipinski definition) is 3. The first-order chi connectivity index (χ1) is 30.0. The monoisotopic (exact) mass is 843 g/mol. The number of hydrogen-bond acceptors (Lipinski definition) is 11. The van der Waals surface area contributed by atoms with Gasteiger partial charge in [-0.15, -0.1) is 0 Å². The standard InChI is InChI=1S/C24H26N6O2.C18H24N4O.C7H16/c1-15(31)11-17-3-5-19(6-4-17)28-24-27-12-18-7-9-30(14-20(18)29-24)21-13-26-23-22(16(21)2)25-8-10-32-23;1-11-9-22(10-11)13-5-7-14-16(8-13)21(3)20-17(14)15-6-4-12(2)19-18(15)23;1-3-5-7-6-4-2/h3-6,12-13,25H,7-11,14H2,1-2H3,(H,27,28,29);5,7-8,11-12,15H,4,6,9-10H2,1-3H3,(H,19,23);3-7H2,1-2H3. The highest BCUT2D eigenvalue weighted by Crippen LogP contribution is 2.37. The van der Waals surface area contributed by atoms with Crippen LogP contribution in [0.2, 0.25) is 0 Å². The van der Waals surface area contributed by atoms with Crippen LogP contribution < -0.4 is 30.5 Å². The van der Waals surface area contributed by atoms with Crippen LogP contribution in [0.4, 0.5) is 28.7 Å². The minimum Gasteiger partial charge on any atom is -0.474 e. The fourth-order valence-corrected chi connectivity index (χ4v) is 8.76. The number of amides is 1. The zero-order valence-electron chi connectivity index (χ0n) is 37.9. The minimum atomic E-state index is -0.121. The molecule has 7 heterocycles. The molecule has 0 spiro atoms. The van der Waals surface area contributed by atoms with Crippen LogP contribution in [0.25, 0.3) is 10.9 Å². The van der Waals surface area contributed by atoms with Crippen LogP contribution in [0.3, 0.4) is 0 Å². The maximum absolute atomic E-state index is 12.4. The summed E-state index contributed by atoms with van der Waals surface area (Å²) in [5.74, 6) is 2.18. The number of unbranched alkanes of at least 4 members (excludes halogenated alkanes) is 4. The number of piperidine rings is 1. The number of rotatable bonds is 11. The number of ether oxygens (including phenoxy) is 1. The van der Waals surface area contributed by atoms with Crippen molar-refractivity contribution in [3.63, 3.8) is 0 Å². The normalized spacial score (nSPS) is 18.1. The van der Waals surface area contributed by atoms with Gasteiger partial charge in [-0.2, -0.15) is 5.10 Å². The van der Waals surface area contributed by atoms with Gasteiger partial charge in [0.1, 0.15) is 18.1 Å². The average Bonchev–Trinajstić information content (AvgIpc) is 3.58. The number of benzene rings is 2. The third-order valence-electron chi connectivity index (χ3n) is 12.3. The maximum Gasteiger partial charge on any atom is 0.237 e. The van der Waals surface area contributed by atoms with Crippen molar-refractivity contribution in [2.45, 2.75) is 118 Å². The maximum atomic E-state index is 12.4. The van der Waals surface area contributed by atoms with Gasteiger partial charge in [0.15, 0.2) is 0 Å². The summed E-state index contributed by atoms with van der Waals surface area (Å²) in [6.45, 7) is 17.8. The smallest absolute Gasteiger partial charge is 0.237 e. The van der Waals surface area contributed by atoms with Gasteiger partial charge < -0.3 is 30.5 Å². The van der Waals surface area contributed by atoms with Crippen molar-refractivity contribution < 1.29 is 14.3 Å². The van der Waals surface area contributed by atoms with E-state index in [2.05, 4.69) is 93.6 Å². The van der Waals surface area contributed by atoms with Crippen LogP contribution in [0.1, 0.15) is 114 Å². The van der Waals surface area contributed by atoms with Gasteiger partial charge in [0.05, 0.1) is 41.3 Å². The van der Waals surface area contributed by atoms with E-state index >= 15 is 0 Å². The molecule has 4 aliphatic rings. The summed E-state index contributed by atoms with van der Waals surface area (Å²) in [5.41, 5.74) is 10.6. The summed E-state index contributed by atoms with van der Waals surface area (Å²) in [6.07, 6.45) is 14.0. The number of nitrogens with zero attached hydrogens (tertiary/aromatic N) is 7. The molecule has 2 fully saturated rings. The molecule has 62 heavy (non-hydrogen) atoms. The highest BCUT2D eigenvalue weighted by Gasteiger charge is 2.32. The number of anilines is 5. The van der Waals surface area contributed by atoms with Crippen LogP contribution in [0.15, 0.2) is 54.9 Å². The molecule has 0 saturated carbocycles. The first-order valence-electron chi connectivity index (χ1n) is 22.8. The van der Waals surface area contributed by atoms with Gasteiger partial charge in [0, 0.05) is 74.2 Å². The molecule has 3 N–H and O–H groups in total. The van der Waals surface area contributed by atoms with E-state index in [0.29, 0.717) is 31.4 Å². The number of Topliss-reactive ketones (excluding diaryl/α,β-unsaturated/α-hetero) is 1. The van der Waals surface area contributed by atoms with Crippen molar-refractivity contribution in [1.29, 1.82) is 0 Å². The molecule has 5 aromatic rings. The molecule has 13 nitrogen and oxygen atoms in total. The Hall–Kier alpha value is -5.72. The first kappa shape index (κ1) is 44.3. The number of aromatic nitrogens is 5. The second-order valence-corrected chi connectivity index (χ2v) is 17.6. The molecule has 9 rings (SSSR count). The summed E-state index contributed by atoms with van der Waals surface area (Å²) in [6, 6.07) is 14.6. The number of aryl methyl sites for hydroxylation is 1. The number of fused-ring (bicyclic) bond motifs is 3. The second-order valence-electron chi connectivity index (χ2n) is 17.6. The number of carbonyl (C=O) groups is 2. The van der Waals surface area contributed by atoms with Gasteiger partial charge in [0.25, 0.3) is 0 Å². The molecule has 0 radical (unpaired) electrons. The molecule has 0 aliphatic carbocycles. The van der Waals surface area contributed by atoms with Crippen molar-refractivity contribution in [3.05, 3.63) is 82.9 Å². The summed E-state index contributed by atoms with van der Waals surface area (Å²) >= 11 is 0. The molecule has 2 unspecified atom stereocenters. The van der Waals surface area contributed by atoms with Crippen LogP contribution in [0.5, 0.6) is 5.88 Å². The number of carbonyl (C=O) groups excluding carboxylic acids is 2. The highest BCUT2D eigenvalue weighted by molar-refractivity contribution is 5.92. The molecule has 4 aliphatic heterocycles. The zero-order chi connectivity index (χ0) is 43.8. The third kappa shape index (κ3) is 10.7. The molecule has 330 valence electrons. The van der Waals surface area contributed by atoms with E-state index in [1.54, 1.807) is 6.92 Å². The Kier molecular flexibility index (Phi) is 14.6. The average molecular weight is 843 g/mol. The fraction of sp³-hybridized carbons (Fsp3) is 0.510. The number of pyridine rings is 1. The van der Waals surface area contributed by atoms with Gasteiger partial charge in [-0.3, -0.25) is 14.3 Å². The molecule has 2 atom stereocenters. The molecule has 1 amide bonds. The van der Waals surface area contributed by atoms with Crippen LogP contribution >= 0.6 is 0 Å². The summed E-state index contributed by atoms with van der Waals surface area (Å²) in [7, 11) is 1.97. The Morgan fingerprint density at radius 3 is 2.45 bits per heavy atom. The number of ketones is 1. The zero-order valence-corrected chi connectivity index (χ0v) is 37.9. The number of nitrogens with one attached hydrogen (secondary N) is 3. The third-order valence-corrected chi connectivity index (χ3v) is 12.3. The molecule has 13 heteroatoms. The van der Waals surface area contributed by atoms with Gasteiger partial charge in [-0.25, -0.2) is 15.0 Å². The molecule has 2 aromatic carbocycles. The van der Waals surface area contributed by atoms with Crippen LogP contribution in [-0.2, 0) is 36.0 Å². The van der Waals surface area contributed by atoms with Crippen LogP contribution in [0, 0.1) is 12.8 Å². The Bertz CT molecular complexity index is 2320. The lowest BCUT2D eigenvalue weighted by Crippen LogP contribution is -2.45. The van der Waals surface area contributed by atoms with Crippen molar-refractivity contribution in [2.24, 2.45) is 13.0 Å². The molecular formula is C49H66N10O3. The van der Waals surface area contributed by atoms with E-state index in [4.69, 9.17) is 9.72 Å². The van der Waals surface area contributed by atoms with Crippen molar-refractivity contribution in [2.75, 3.05) is 53.2 Å². The van der Waals surface area contributed by atoms with Gasteiger partial charge in [-0.1, -0.05) is 65.0 Å². The van der Waals surface area contributed by atoms with Crippen molar-refractivity contribution in [1.82, 2.24) is 30.0 Å². The lowest BCUT2D eigenvalue weighted by molar-refractivity contribution is -0.125. The minimum absolute atomic E-state index is 0.115. The Morgan fingerprint density at radius 1 is 0.968 bits per heavy atom. The predicted octanol–water partition coefficient (Wildman–Crippen LogP) is 8.81. The van der Waals surface area contributed by atoms with E-state index in [0.717, 1.165) is 102 Å². The SMILES string of the molecule is CC(=O)Cc1ccc(Nc2ncc3c(n2)CN(c2cnc4c(c2C)NCCO4)CC3)cc1.CC1CN(c2ccc3c(C4CCC(C)NC4=O)nn(C)c3c2)C1.CCCCCCC. The summed E-state index contributed by atoms with van der Waals surface area (Å²) < 4.78 is 7.58. The van der Waals surface area contributed by atoms with Gasteiger partial charge in [0.2, 0.25) is 17.7 Å². The van der Waals surface area contributed by atoms with Crippen molar-refractivity contribution in [3.8, 4) is 5.88 Å². The Labute approximate surface area is 367 Å². The first-order valence-corrected chi connectivity index (χ1v) is 22.8. The predicted molar refractivity (Wildman–Crippen MR) is 250 cm³/mol.